The number of hydrogen-bond acceptors (Lipinski definition) is 2. The van der Waals surface area contributed by atoms with Crippen molar-refractivity contribution in [3.63, 3.8) is 0 Å². The monoisotopic (exact) mass is 368 g/mol. The van der Waals surface area contributed by atoms with Crippen molar-refractivity contribution in [3.8, 4) is 0 Å². The Bertz CT molecular complexity index is 522. The zero-order valence-corrected chi connectivity index (χ0v) is 14.6. The average molecular weight is 369 g/mol. The van der Waals surface area contributed by atoms with Crippen molar-refractivity contribution in [2.24, 2.45) is 11.7 Å². The van der Waals surface area contributed by atoms with Crippen molar-refractivity contribution in [2.45, 2.75) is 44.6 Å². The number of thiocarbonyl (C=S) groups is 1. The highest BCUT2D eigenvalue weighted by atomic mass is 79.9. The van der Waals surface area contributed by atoms with Gasteiger partial charge in [-0.25, -0.2) is 0 Å². The lowest BCUT2D eigenvalue weighted by Crippen LogP contribution is -2.58. The topological polar surface area (TPSA) is 55.1 Å². The summed E-state index contributed by atoms with van der Waals surface area (Å²) in [5, 5.41) is 3.09. The second kappa shape index (κ2) is 6.88. The molecule has 3 N–H and O–H groups in total. The zero-order chi connectivity index (χ0) is 15.5. The Kier molecular flexibility index (Phi) is 5.38. The molecule has 0 spiro atoms. The molecule has 1 aromatic carbocycles. The molecule has 0 atom stereocenters. The predicted molar refractivity (Wildman–Crippen MR) is 93.4 cm³/mol. The molecular weight excluding hydrogens is 348 g/mol. The number of carbonyl (C=O) groups excluding carboxylic acids is 1. The highest BCUT2D eigenvalue weighted by Gasteiger charge is 2.38. The van der Waals surface area contributed by atoms with E-state index >= 15 is 0 Å². The van der Waals surface area contributed by atoms with Crippen molar-refractivity contribution in [1.29, 1.82) is 0 Å². The first kappa shape index (κ1) is 16.4. The molecule has 1 aliphatic carbocycles. The summed E-state index contributed by atoms with van der Waals surface area (Å²) in [6.45, 7) is 2.21. The van der Waals surface area contributed by atoms with Gasteiger partial charge in [-0.2, -0.15) is 0 Å². The second-order valence-electron chi connectivity index (χ2n) is 5.76. The fourth-order valence-corrected chi connectivity index (χ4v) is 3.42. The first-order valence-electron chi connectivity index (χ1n) is 7.35. The Balaban J connectivity index is 2.12. The molecule has 114 valence electrons. The van der Waals surface area contributed by atoms with E-state index in [0.29, 0.717) is 10.6 Å². The van der Waals surface area contributed by atoms with Crippen LogP contribution >= 0.6 is 28.1 Å². The number of carbonyl (C=O) groups is 1. The zero-order valence-electron chi connectivity index (χ0n) is 12.2. The van der Waals surface area contributed by atoms with Crippen molar-refractivity contribution in [1.82, 2.24) is 5.32 Å². The van der Waals surface area contributed by atoms with Gasteiger partial charge in [-0.3, -0.25) is 4.79 Å². The molecule has 3 nitrogen and oxygen atoms in total. The molecule has 1 aromatic rings. The molecule has 1 amide bonds. The van der Waals surface area contributed by atoms with Gasteiger partial charge in [0.2, 0.25) is 0 Å². The summed E-state index contributed by atoms with van der Waals surface area (Å²) in [5.41, 5.74) is 6.06. The van der Waals surface area contributed by atoms with Crippen LogP contribution in [-0.4, -0.2) is 16.4 Å². The number of halogens is 1. The van der Waals surface area contributed by atoms with Gasteiger partial charge in [0.1, 0.15) is 0 Å². The van der Waals surface area contributed by atoms with Gasteiger partial charge in [0.05, 0.1) is 10.5 Å². The maximum atomic E-state index is 12.4. The van der Waals surface area contributed by atoms with E-state index in [2.05, 4.69) is 28.2 Å². The fourth-order valence-electron chi connectivity index (χ4n) is 2.90. The third-order valence-electron chi connectivity index (χ3n) is 4.47. The van der Waals surface area contributed by atoms with Crippen LogP contribution in [0.1, 0.15) is 49.4 Å². The summed E-state index contributed by atoms with van der Waals surface area (Å²) in [4.78, 5) is 12.8. The first-order chi connectivity index (χ1) is 9.97. The molecule has 21 heavy (non-hydrogen) atoms. The number of rotatable bonds is 4. The van der Waals surface area contributed by atoms with Crippen molar-refractivity contribution in [3.05, 3.63) is 34.3 Å². The van der Waals surface area contributed by atoms with Crippen LogP contribution in [0.25, 0.3) is 0 Å². The lowest BCUT2D eigenvalue weighted by molar-refractivity contribution is 0.0898. The van der Waals surface area contributed by atoms with Crippen LogP contribution in [-0.2, 0) is 0 Å². The van der Waals surface area contributed by atoms with Gasteiger partial charge in [0, 0.05) is 10.0 Å². The minimum atomic E-state index is -0.523. The van der Waals surface area contributed by atoms with Crippen molar-refractivity contribution < 1.29 is 4.79 Å². The quantitative estimate of drug-likeness (QED) is 0.794. The lowest BCUT2D eigenvalue weighted by Gasteiger charge is -2.40. The van der Waals surface area contributed by atoms with E-state index in [1.54, 1.807) is 12.1 Å². The standard InChI is InChI=1S/C16H21BrN2OS/c1-2-11-7-9-16(10-8-11,15(18)21)19-14(20)12-3-5-13(17)6-4-12/h3-6,11H,2,7-10H2,1H3,(H2,18,21)(H,19,20). The molecule has 0 radical (unpaired) electrons. The van der Waals surface area contributed by atoms with Crippen LogP contribution < -0.4 is 11.1 Å². The molecule has 1 aliphatic rings. The summed E-state index contributed by atoms with van der Waals surface area (Å²) in [6, 6.07) is 7.31. The summed E-state index contributed by atoms with van der Waals surface area (Å²) in [5.74, 6) is 0.613. The van der Waals surface area contributed by atoms with Crippen LogP contribution in [0.3, 0.4) is 0 Å². The van der Waals surface area contributed by atoms with Gasteiger partial charge in [-0.15, -0.1) is 0 Å². The van der Waals surface area contributed by atoms with Gasteiger partial charge >= 0.3 is 0 Å². The molecule has 2 rings (SSSR count). The normalized spacial score (nSPS) is 25.3. The minimum absolute atomic E-state index is 0.106. The number of benzene rings is 1. The smallest absolute Gasteiger partial charge is 0.252 e. The Labute approximate surface area is 139 Å². The Hall–Kier alpha value is -0.940. The van der Waals surface area contributed by atoms with Crippen LogP contribution in [0.2, 0.25) is 0 Å². The molecule has 0 heterocycles. The number of nitrogens with one attached hydrogen (secondary N) is 1. The molecule has 0 bridgehead atoms. The summed E-state index contributed by atoms with van der Waals surface area (Å²) >= 11 is 8.62. The molecule has 0 aromatic heterocycles. The molecular formula is C16H21BrN2OS. The summed E-state index contributed by atoms with van der Waals surface area (Å²) < 4.78 is 0.951. The van der Waals surface area contributed by atoms with E-state index in [9.17, 15) is 4.79 Å². The molecule has 5 heteroatoms. The summed E-state index contributed by atoms with van der Waals surface area (Å²) in [7, 11) is 0. The van der Waals surface area contributed by atoms with Crippen LogP contribution in [0.4, 0.5) is 0 Å². The summed E-state index contributed by atoms with van der Waals surface area (Å²) in [6.07, 6.45) is 4.98. The van der Waals surface area contributed by atoms with Crippen LogP contribution in [0.15, 0.2) is 28.7 Å². The molecule has 1 fully saturated rings. The van der Waals surface area contributed by atoms with E-state index in [1.807, 2.05) is 12.1 Å². The van der Waals surface area contributed by atoms with E-state index < -0.39 is 5.54 Å². The van der Waals surface area contributed by atoms with Gasteiger partial charge in [0.15, 0.2) is 0 Å². The largest absolute Gasteiger partial charge is 0.391 e. The number of nitrogens with two attached hydrogens (primary N) is 1. The van der Waals surface area contributed by atoms with E-state index in [-0.39, 0.29) is 5.91 Å². The van der Waals surface area contributed by atoms with Gasteiger partial charge in [-0.1, -0.05) is 41.5 Å². The van der Waals surface area contributed by atoms with E-state index in [0.717, 1.165) is 36.1 Å². The average Bonchev–Trinajstić information content (AvgIpc) is 2.48. The van der Waals surface area contributed by atoms with Crippen molar-refractivity contribution in [2.75, 3.05) is 0 Å². The SMILES string of the molecule is CCC1CCC(NC(=O)c2ccc(Br)cc2)(C(N)=S)CC1. The van der Waals surface area contributed by atoms with Gasteiger partial charge < -0.3 is 11.1 Å². The maximum absolute atomic E-state index is 12.4. The minimum Gasteiger partial charge on any atom is -0.391 e. The fraction of sp³-hybridized carbons (Fsp3) is 0.500. The highest BCUT2D eigenvalue weighted by molar-refractivity contribution is 9.10. The first-order valence-corrected chi connectivity index (χ1v) is 8.55. The predicted octanol–water partition coefficient (Wildman–Crippen LogP) is 3.80. The number of hydrogen-bond donors (Lipinski definition) is 2. The third-order valence-corrected chi connectivity index (χ3v) is 5.39. The van der Waals surface area contributed by atoms with Gasteiger partial charge in [0.25, 0.3) is 5.91 Å². The number of amides is 1. The molecule has 0 unspecified atom stereocenters. The maximum Gasteiger partial charge on any atom is 0.252 e. The third kappa shape index (κ3) is 3.83. The molecule has 1 saturated carbocycles. The second-order valence-corrected chi connectivity index (χ2v) is 7.11. The molecule has 0 aliphatic heterocycles. The van der Waals surface area contributed by atoms with E-state index in [4.69, 9.17) is 18.0 Å². The van der Waals surface area contributed by atoms with Gasteiger partial charge in [-0.05, 0) is 55.9 Å². The van der Waals surface area contributed by atoms with Crippen molar-refractivity contribution >= 4 is 39.0 Å². The lowest BCUT2D eigenvalue weighted by atomic mass is 9.75. The van der Waals surface area contributed by atoms with Crippen LogP contribution in [0.5, 0.6) is 0 Å². The Morgan fingerprint density at radius 2 is 1.95 bits per heavy atom. The Morgan fingerprint density at radius 1 is 1.38 bits per heavy atom. The highest BCUT2D eigenvalue weighted by Crippen LogP contribution is 2.34. The molecule has 0 saturated heterocycles. The van der Waals surface area contributed by atoms with Crippen LogP contribution in [0, 0.1) is 5.92 Å². The van der Waals surface area contributed by atoms with E-state index in [1.165, 1.54) is 6.42 Å². The Morgan fingerprint density at radius 3 is 2.43 bits per heavy atom.